The molecule has 124 valence electrons. The van der Waals surface area contributed by atoms with Crippen LogP contribution in [0.15, 0.2) is 47.9 Å². The van der Waals surface area contributed by atoms with E-state index in [1.165, 1.54) is 29.5 Å². The molecular weight excluding hydrogens is 353 g/mol. The van der Waals surface area contributed by atoms with E-state index >= 15 is 0 Å². The quantitative estimate of drug-likeness (QED) is 0.495. The third-order valence-corrected chi connectivity index (χ3v) is 4.42. The molecule has 0 fully saturated rings. The fourth-order valence-electron chi connectivity index (χ4n) is 1.84. The molecule has 0 aliphatic carbocycles. The summed E-state index contributed by atoms with van der Waals surface area (Å²) in [4.78, 5) is 0.165. The average Bonchev–Trinajstić information content (AvgIpc) is 2.84. The number of hydrogen-bond acceptors (Lipinski definition) is 4. The van der Waals surface area contributed by atoms with E-state index in [0.717, 1.165) is 4.09 Å². The van der Waals surface area contributed by atoms with E-state index in [4.69, 9.17) is 10.2 Å². The van der Waals surface area contributed by atoms with Crippen LogP contribution < -0.4 is 34.1 Å². The average molecular weight is 370 g/mol. The normalized spacial score (nSPS) is 10.6. The summed E-state index contributed by atoms with van der Waals surface area (Å²) in [5.41, 5.74) is 0. The predicted molar refractivity (Wildman–Crippen MR) is 68.0 cm³/mol. The Morgan fingerprint density at radius 3 is 2.14 bits per heavy atom. The molecule has 10 heteroatoms. The minimum absolute atomic E-state index is 0. The highest BCUT2D eigenvalue weighted by atomic mass is 35.5. The summed E-state index contributed by atoms with van der Waals surface area (Å²) in [6, 6.07) is 8.05. The van der Waals surface area contributed by atoms with Crippen LogP contribution in [-0.2, 0) is 23.1 Å². The monoisotopic (exact) mass is 369 g/mol. The van der Waals surface area contributed by atoms with Gasteiger partial charge in [0.25, 0.3) is 0 Å². The van der Waals surface area contributed by atoms with Crippen LogP contribution in [0.2, 0.25) is 0 Å². The number of halogens is 2. The van der Waals surface area contributed by atoms with Crippen LogP contribution in [0.3, 0.4) is 0 Å². The Morgan fingerprint density at radius 1 is 1.00 bits per heavy atom. The smallest absolute Gasteiger partial charge is 0.398 e. The molecule has 0 spiro atoms. The van der Waals surface area contributed by atoms with E-state index in [0.29, 0.717) is 0 Å². The van der Waals surface area contributed by atoms with Gasteiger partial charge in [0.15, 0.2) is 6.54 Å². The summed E-state index contributed by atoms with van der Waals surface area (Å²) < 4.78 is 29.1. The Morgan fingerprint density at radius 2 is 1.59 bits per heavy atom. The van der Waals surface area contributed by atoms with Crippen LogP contribution in [0.5, 0.6) is 0 Å². The number of nitrogens with zero attached hydrogens (tertiary/aromatic N) is 3. The van der Waals surface area contributed by atoms with Crippen molar-refractivity contribution in [3.63, 3.8) is 0 Å². The van der Waals surface area contributed by atoms with Crippen molar-refractivity contribution in [1.82, 2.24) is 4.09 Å². The van der Waals surface area contributed by atoms with Gasteiger partial charge >= 0.3 is 22.7 Å². The third kappa shape index (κ3) is 4.40. The van der Waals surface area contributed by atoms with Gasteiger partial charge in [0.2, 0.25) is 0 Å². The molecule has 2 aromatic rings. The number of rotatable bonds is 6. The lowest BCUT2D eigenvalue weighted by Crippen LogP contribution is -3.00. The van der Waals surface area contributed by atoms with Gasteiger partial charge in [0, 0.05) is 0 Å². The van der Waals surface area contributed by atoms with Crippen molar-refractivity contribution < 1.29 is 52.7 Å². The molecule has 0 aliphatic rings. The molecule has 0 unspecified atom stereocenters. The Balaban J connectivity index is 0.00000220. The molecule has 0 radical (unpaired) electrons. The fraction of sp³-hybridized carbons (Fsp3) is 0.333. The van der Waals surface area contributed by atoms with Crippen molar-refractivity contribution >= 4 is 10.0 Å². The lowest BCUT2D eigenvalue weighted by atomic mass is 10.4. The summed E-state index contributed by atoms with van der Waals surface area (Å²) in [5.74, 6) is 0. The van der Waals surface area contributed by atoms with E-state index < -0.39 is 10.0 Å². The maximum atomic E-state index is 12.5. The van der Waals surface area contributed by atoms with E-state index in [2.05, 4.69) is 0 Å². The van der Waals surface area contributed by atoms with E-state index in [1.807, 2.05) is 0 Å². The van der Waals surface area contributed by atoms with Gasteiger partial charge in [-0.2, -0.15) is 13.0 Å². The molecule has 0 saturated carbocycles. The minimum Gasteiger partial charge on any atom is -1.00 e. The van der Waals surface area contributed by atoms with Gasteiger partial charge in [-0.25, -0.2) is 0 Å². The van der Waals surface area contributed by atoms with Gasteiger partial charge in [-0.05, 0) is 16.8 Å². The first-order valence-electron chi connectivity index (χ1n) is 6.13. The molecule has 0 saturated heterocycles. The van der Waals surface area contributed by atoms with E-state index in [9.17, 15) is 8.42 Å². The molecule has 7 nitrogen and oxygen atoms in total. The van der Waals surface area contributed by atoms with Crippen LogP contribution in [0, 0.1) is 0 Å². The van der Waals surface area contributed by atoms with Crippen LogP contribution in [-0.4, -0.2) is 35.9 Å². The maximum absolute atomic E-state index is 12.5. The van der Waals surface area contributed by atoms with Gasteiger partial charge in [-0.3, -0.25) is 0 Å². The molecule has 1 aromatic heterocycles. The highest BCUT2D eigenvalue weighted by molar-refractivity contribution is 7.89. The first-order valence-corrected chi connectivity index (χ1v) is 7.57. The first kappa shape index (κ1) is 20.8. The van der Waals surface area contributed by atoms with Gasteiger partial charge in [0.05, 0.1) is 17.3 Å². The van der Waals surface area contributed by atoms with Crippen LogP contribution in [0.25, 0.3) is 0 Å². The van der Waals surface area contributed by atoms with Crippen molar-refractivity contribution in [2.45, 2.75) is 18.0 Å². The molecule has 2 N–H and O–H groups in total. The van der Waals surface area contributed by atoms with Gasteiger partial charge in [-0.15, -0.1) is 0 Å². The number of aromatic nitrogens is 3. The third-order valence-electron chi connectivity index (χ3n) is 2.76. The number of aliphatic hydroxyl groups is 2. The molecule has 2 rings (SSSR count). The maximum Gasteiger partial charge on any atom is 0.398 e. The summed E-state index contributed by atoms with van der Waals surface area (Å²) in [6.45, 7) is 0.143. The Hall–Kier alpha value is -1.19. The lowest BCUT2D eigenvalue weighted by Gasteiger charge is -1.97. The summed E-state index contributed by atoms with van der Waals surface area (Å²) in [7, 11) is -3.72. The molecule has 0 atom stereocenters. The summed E-state index contributed by atoms with van der Waals surface area (Å²) >= 11 is 0. The second-order valence-corrected chi connectivity index (χ2v) is 5.97. The molecule has 22 heavy (non-hydrogen) atoms. The van der Waals surface area contributed by atoms with Gasteiger partial charge < -0.3 is 35.0 Å². The first-order chi connectivity index (χ1) is 9.59. The van der Waals surface area contributed by atoms with Gasteiger partial charge in [0.1, 0.15) is 11.4 Å². The standard InChI is InChI=1S/C12H17N3O4S.2ClH/c16-8-6-13-10-14(7-9-17)15(11-13)20(18,19)12-4-2-1-3-5-12;;/h1-5,10-11,16-17H,6-9H2;2*1H/q+2;;/p-2. The highest BCUT2D eigenvalue weighted by Gasteiger charge is 2.33. The molecule has 1 aromatic carbocycles. The van der Waals surface area contributed by atoms with Gasteiger partial charge in [-0.1, -0.05) is 18.2 Å². The number of benzene rings is 1. The second-order valence-electron chi connectivity index (χ2n) is 4.17. The van der Waals surface area contributed by atoms with Crippen LogP contribution in [0.4, 0.5) is 0 Å². The fourth-order valence-corrected chi connectivity index (χ4v) is 3.20. The van der Waals surface area contributed by atoms with E-state index in [1.54, 1.807) is 22.8 Å². The molecule has 0 bridgehead atoms. The zero-order chi connectivity index (χ0) is 14.6. The van der Waals surface area contributed by atoms with Crippen LogP contribution in [0.1, 0.15) is 0 Å². The zero-order valence-electron chi connectivity index (χ0n) is 11.6. The topological polar surface area (TPSA) is 87.3 Å². The lowest BCUT2D eigenvalue weighted by molar-refractivity contribution is -0.821. The molecule has 1 heterocycles. The largest absolute Gasteiger partial charge is 1.00 e. The Bertz CT molecular complexity index is 677. The predicted octanol–water partition coefficient (Wildman–Crippen LogP) is -7.71. The highest BCUT2D eigenvalue weighted by Crippen LogP contribution is 2.09. The Kier molecular flexibility index (Phi) is 8.57. The summed E-state index contributed by atoms with van der Waals surface area (Å²) in [5, 5.41) is 18.0. The Labute approximate surface area is 141 Å². The molecule has 0 amide bonds. The van der Waals surface area contributed by atoms with E-state index in [-0.39, 0.29) is 56.0 Å². The number of aliphatic hydroxyl groups excluding tert-OH is 2. The molecule has 0 aliphatic heterocycles. The second kappa shape index (κ2) is 9.06. The van der Waals surface area contributed by atoms with Crippen molar-refractivity contribution in [2.24, 2.45) is 0 Å². The number of hydrogen-bond donors (Lipinski definition) is 2. The van der Waals surface area contributed by atoms with Crippen molar-refractivity contribution in [1.29, 1.82) is 0 Å². The van der Waals surface area contributed by atoms with Crippen molar-refractivity contribution in [3.8, 4) is 0 Å². The van der Waals surface area contributed by atoms with Crippen molar-refractivity contribution in [3.05, 3.63) is 43.0 Å². The minimum atomic E-state index is -3.72. The summed E-state index contributed by atoms with van der Waals surface area (Å²) in [6.07, 6.45) is 2.92. The zero-order valence-corrected chi connectivity index (χ0v) is 13.9. The SMILES string of the molecule is O=S(=O)(c1ccccc1)n1c[n+](CCO)c[n+]1CCO.[Cl-].[Cl-]. The van der Waals surface area contributed by atoms with Crippen LogP contribution >= 0.6 is 0 Å². The molecular formula is C12H17Cl2N3O4S. The van der Waals surface area contributed by atoms with Crippen molar-refractivity contribution in [2.75, 3.05) is 13.2 Å².